The summed E-state index contributed by atoms with van der Waals surface area (Å²) in [6.45, 7) is 2.05. The zero-order valence-electron chi connectivity index (χ0n) is 9.72. The van der Waals surface area contributed by atoms with Gasteiger partial charge in [-0.05, 0) is 18.8 Å². The predicted molar refractivity (Wildman–Crippen MR) is 57.6 cm³/mol. The highest BCUT2D eigenvalue weighted by atomic mass is 19.3. The van der Waals surface area contributed by atoms with Gasteiger partial charge in [-0.15, -0.1) is 0 Å². The maximum atomic E-state index is 13.2. The Balaban J connectivity index is 2.54. The fraction of sp³-hybridized carbons (Fsp3) is 0.917. The summed E-state index contributed by atoms with van der Waals surface area (Å²) in [7, 11) is 0. The van der Waals surface area contributed by atoms with Crippen molar-refractivity contribution in [2.24, 2.45) is 11.8 Å². The van der Waals surface area contributed by atoms with E-state index in [1.54, 1.807) is 0 Å². The summed E-state index contributed by atoms with van der Waals surface area (Å²) < 4.78 is 26.4. The normalized spacial score (nSPS) is 28.9. The molecule has 0 aromatic heterocycles. The molecule has 1 rings (SSSR count). The summed E-state index contributed by atoms with van der Waals surface area (Å²) >= 11 is 0. The van der Waals surface area contributed by atoms with E-state index in [9.17, 15) is 13.6 Å². The van der Waals surface area contributed by atoms with Gasteiger partial charge in [-0.1, -0.05) is 26.2 Å². The fourth-order valence-electron chi connectivity index (χ4n) is 2.52. The highest BCUT2D eigenvalue weighted by molar-refractivity contribution is 5.70. The van der Waals surface area contributed by atoms with Crippen molar-refractivity contribution in [2.45, 2.75) is 57.8 Å². The van der Waals surface area contributed by atoms with E-state index in [2.05, 4.69) is 0 Å². The lowest BCUT2D eigenvalue weighted by Crippen LogP contribution is -2.36. The van der Waals surface area contributed by atoms with Gasteiger partial charge in [-0.3, -0.25) is 4.79 Å². The molecule has 1 N–H and O–H groups in total. The van der Waals surface area contributed by atoms with Gasteiger partial charge >= 0.3 is 5.97 Å². The number of halogens is 2. The number of carboxylic acids is 1. The van der Waals surface area contributed by atoms with Crippen molar-refractivity contribution in [1.29, 1.82) is 0 Å². The minimum atomic E-state index is -2.65. The van der Waals surface area contributed by atoms with Crippen LogP contribution in [0.4, 0.5) is 8.78 Å². The van der Waals surface area contributed by atoms with Gasteiger partial charge in [0, 0.05) is 12.8 Å². The Labute approximate surface area is 95.0 Å². The number of aliphatic carboxylic acids is 1. The first-order valence-corrected chi connectivity index (χ1v) is 6.07. The topological polar surface area (TPSA) is 37.3 Å². The number of alkyl halides is 2. The number of hydrogen-bond acceptors (Lipinski definition) is 1. The molecule has 1 fully saturated rings. The number of unbranched alkanes of at least 4 members (excludes halogenated alkanes) is 2. The minimum Gasteiger partial charge on any atom is -0.481 e. The molecule has 0 amide bonds. The standard InChI is InChI=1S/C12H20F2O2/c1-2-3-4-5-9-8-12(13,14)7-6-10(9)11(15)16/h9-10H,2-8H2,1H3,(H,15,16). The summed E-state index contributed by atoms with van der Waals surface area (Å²) in [4.78, 5) is 11.0. The molecule has 2 nitrogen and oxygen atoms in total. The van der Waals surface area contributed by atoms with Crippen molar-refractivity contribution in [1.82, 2.24) is 0 Å². The molecule has 0 aromatic rings. The van der Waals surface area contributed by atoms with E-state index in [1.807, 2.05) is 6.92 Å². The first-order chi connectivity index (χ1) is 7.46. The molecule has 0 aromatic carbocycles. The van der Waals surface area contributed by atoms with Gasteiger partial charge in [0.15, 0.2) is 0 Å². The third kappa shape index (κ3) is 3.72. The molecule has 0 aliphatic heterocycles. The van der Waals surface area contributed by atoms with Crippen LogP contribution < -0.4 is 0 Å². The Morgan fingerprint density at radius 2 is 2.12 bits per heavy atom. The highest BCUT2D eigenvalue weighted by Crippen LogP contribution is 2.42. The smallest absolute Gasteiger partial charge is 0.306 e. The summed E-state index contributed by atoms with van der Waals surface area (Å²) in [6.07, 6.45) is 3.12. The summed E-state index contributed by atoms with van der Waals surface area (Å²) in [6, 6.07) is 0. The van der Waals surface area contributed by atoms with Crippen molar-refractivity contribution >= 4 is 5.97 Å². The van der Waals surface area contributed by atoms with Gasteiger partial charge in [-0.25, -0.2) is 8.78 Å². The summed E-state index contributed by atoms with van der Waals surface area (Å²) in [5, 5.41) is 8.99. The Kier molecular flexibility index (Phi) is 4.69. The fourth-order valence-corrected chi connectivity index (χ4v) is 2.52. The zero-order valence-corrected chi connectivity index (χ0v) is 9.72. The lowest BCUT2D eigenvalue weighted by Gasteiger charge is -2.33. The Bertz CT molecular complexity index is 241. The van der Waals surface area contributed by atoms with Crippen LogP contribution in [-0.2, 0) is 4.79 Å². The van der Waals surface area contributed by atoms with E-state index in [0.717, 1.165) is 19.3 Å². The van der Waals surface area contributed by atoms with Gasteiger partial charge in [0.25, 0.3) is 0 Å². The second kappa shape index (κ2) is 5.60. The van der Waals surface area contributed by atoms with E-state index >= 15 is 0 Å². The third-order valence-corrected chi connectivity index (χ3v) is 3.45. The summed E-state index contributed by atoms with van der Waals surface area (Å²) in [5.74, 6) is -4.45. The third-order valence-electron chi connectivity index (χ3n) is 3.45. The van der Waals surface area contributed by atoms with Crippen molar-refractivity contribution in [3.05, 3.63) is 0 Å². The Hall–Kier alpha value is -0.670. The maximum Gasteiger partial charge on any atom is 0.306 e. The van der Waals surface area contributed by atoms with Crippen LogP contribution in [0.3, 0.4) is 0 Å². The summed E-state index contributed by atoms with van der Waals surface area (Å²) in [5.41, 5.74) is 0. The van der Waals surface area contributed by atoms with Crippen LogP contribution in [0.1, 0.15) is 51.9 Å². The minimum absolute atomic E-state index is 0.124. The maximum absolute atomic E-state index is 13.2. The van der Waals surface area contributed by atoms with E-state index in [4.69, 9.17) is 5.11 Å². The average Bonchev–Trinajstić information content (AvgIpc) is 2.16. The van der Waals surface area contributed by atoms with Gasteiger partial charge in [0.1, 0.15) is 0 Å². The molecule has 0 spiro atoms. The molecule has 0 saturated heterocycles. The molecule has 4 heteroatoms. The monoisotopic (exact) mass is 234 g/mol. The van der Waals surface area contributed by atoms with Gasteiger partial charge in [0.2, 0.25) is 5.92 Å². The lowest BCUT2D eigenvalue weighted by atomic mass is 9.75. The Morgan fingerprint density at radius 1 is 1.44 bits per heavy atom. The van der Waals surface area contributed by atoms with Crippen LogP contribution in [0, 0.1) is 11.8 Å². The Morgan fingerprint density at radius 3 is 2.69 bits per heavy atom. The van der Waals surface area contributed by atoms with E-state index in [0.29, 0.717) is 6.42 Å². The first kappa shape index (κ1) is 13.4. The molecule has 0 bridgehead atoms. The molecular weight excluding hydrogens is 214 g/mol. The van der Waals surface area contributed by atoms with Crippen molar-refractivity contribution in [2.75, 3.05) is 0 Å². The second-order valence-electron chi connectivity index (χ2n) is 4.80. The van der Waals surface area contributed by atoms with Gasteiger partial charge in [-0.2, -0.15) is 0 Å². The average molecular weight is 234 g/mol. The first-order valence-electron chi connectivity index (χ1n) is 6.07. The van der Waals surface area contributed by atoms with E-state index < -0.39 is 17.8 Å². The van der Waals surface area contributed by atoms with Crippen LogP contribution in [-0.4, -0.2) is 17.0 Å². The quantitative estimate of drug-likeness (QED) is 0.736. The molecule has 2 unspecified atom stereocenters. The van der Waals surface area contributed by atoms with Crippen molar-refractivity contribution < 1.29 is 18.7 Å². The number of carbonyl (C=O) groups is 1. The van der Waals surface area contributed by atoms with Crippen molar-refractivity contribution in [3.8, 4) is 0 Å². The SMILES string of the molecule is CCCCCC1CC(F)(F)CCC1C(=O)O. The lowest BCUT2D eigenvalue weighted by molar-refractivity contribution is -0.150. The molecule has 1 saturated carbocycles. The van der Waals surface area contributed by atoms with Crippen LogP contribution in [0.15, 0.2) is 0 Å². The predicted octanol–water partition coefficient (Wildman–Crippen LogP) is 3.70. The molecule has 2 atom stereocenters. The second-order valence-corrected chi connectivity index (χ2v) is 4.80. The highest BCUT2D eigenvalue weighted by Gasteiger charge is 2.43. The molecule has 94 valence electrons. The van der Waals surface area contributed by atoms with Gasteiger partial charge < -0.3 is 5.11 Å². The number of hydrogen-bond donors (Lipinski definition) is 1. The van der Waals surface area contributed by atoms with Crippen LogP contribution >= 0.6 is 0 Å². The van der Waals surface area contributed by atoms with E-state index in [1.165, 1.54) is 0 Å². The molecule has 1 aliphatic rings. The largest absolute Gasteiger partial charge is 0.481 e. The molecule has 1 aliphatic carbocycles. The number of carboxylic acid groups (broad SMARTS) is 1. The van der Waals surface area contributed by atoms with Gasteiger partial charge in [0.05, 0.1) is 5.92 Å². The van der Waals surface area contributed by atoms with Crippen LogP contribution in [0.5, 0.6) is 0 Å². The van der Waals surface area contributed by atoms with E-state index in [-0.39, 0.29) is 25.2 Å². The molecule has 16 heavy (non-hydrogen) atoms. The zero-order chi connectivity index (χ0) is 12.2. The molecular formula is C12H20F2O2. The van der Waals surface area contributed by atoms with Crippen LogP contribution in [0.25, 0.3) is 0 Å². The molecule has 0 radical (unpaired) electrons. The van der Waals surface area contributed by atoms with Crippen LogP contribution in [0.2, 0.25) is 0 Å². The molecule has 0 heterocycles. The van der Waals surface area contributed by atoms with Crippen molar-refractivity contribution in [3.63, 3.8) is 0 Å². The number of rotatable bonds is 5.